The first-order valence-corrected chi connectivity index (χ1v) is 10.5. The van der Waals surface area contributed by atoms with Crippen LogP contribution in [0.15, 0.2) is 55.2 Å². The Kier molecular flexibility index (Phi) is 3.72. The molecule has 1 aromatic carbocycles. The van der Waals surface area contributed by atoms with E-state index in [2.05, 4.69) is 44.2 Å². The smallest absolute Gasteiger partial charge is 0.157 e. The first-order valence-electron chi connectivity index (χ1n) is 10.5. The van der Waals surface area contributed by atoms with E-state index in [1.807, 2.05) is 35.5 Å². The lowest BCUT2D eigenvalue weighted by Gasteiger charge is -2.23. The lowest BCUT2D eigenvalue weighted by atomic mass is 9.83. The molecule has 6 nitrogen and oxygen atoms in total. The van der Waals surface area contributed by atoms with Crippen LogP contribution in [0.5, 0.6) is 0 Å². The summed E-state index contributed by atoms with van der Waals surface area (Å²) in [6, 6.07) is 10.5. The Bertz CT molecular complexity index is 1170. The summed E-state index contributed by atoms with van der Waals surface area (Å²) in [6.07, 6.45) is 15.0. The average molecular weight is 384 g/mol. The van der Waals surface area contributed by atoms with E-state index in [1.165, 1.54) is 48.9 Å². The summed E-state index contributed by atoms with van der Waals surface area (Å²) < 4.78 is 4.04. The molecule has 0 amide bonds. The summed E-state index contributed by atoms with van der Waals surface area (Å²) >= 11 is 0. The predicted octanol–water partition coefficient (Wildman–Crippen LogP) is 4.29. The number of imidazole rings is 1. The lowest BCUT2D eigenvalue weighted by Crippen LogP contribution is -2.20. The highest BCUT2D eigenvalue weighted by molar-refractivity contribution is 5.59. The number of benzene rings is 1. The minimum absolute atomic E-state index is 0.298. The molecule has 6 rings (SSSR count). The molecule has 3 heterocycles. The van der Waals surface area contributed by atoms with Crippen LogP contribution in [0.1, 0.15) is 48.9 Å². The molecule has 1 fully saturated rings. The van der Waals surface area contributed by atoms with Crippen molar-refractivity contribution < 1.29 is 0 Å². The Balaban J connectivity index is 1.40. The van der Waals surface area contributed by atoms with Gasteiger partial charge in [0, 0.05) is 36.0 Å². The third-order valence-corrected chi connectivity index (χ3v) is 6.77. The monoisotopic (exact) mass is 384 g/mol. The van der Waals surface area contributed by atoms with Gasteiger partial charge in [0.15, 0.2) is 5.65 Å². The van der Waals surface area contributed by atoms with Crippen molar-refractivity contribution in [3.8, 4) is 5.69 Å². The summed E-state index contributed by atoms with van der Waals surface area (Å²) in [4.78, 5) is 9.27. The molecular formula is C23H24N6. The highest BCUT2D eigenvalue weighted by Gasteiger charge is 2.44. The van der Waals surface area contributed by atoms with E-state index in [1.54, 1.807) is 0 Å². The maximum atomic E-state index is 5.07. The molecule has 2 aliphatic rings. The van der Waals surface area contributed by atoms with Gasteiger partial charge in [0.2, 0.25) is 0 Å². The topological polar surface area (TPSA) is 60.0 Å². The zero-order chi connectivity index (χ0) is 19.3. The molecule has 4 aromatic rings. The Labute approximate surface area is 169 Å². The van der Waals surface area contributed by atoms with Gasteiger partial charge in [-0.1, -0.05) is 31.0 Å². The number of nitrogens with one attached hydrogen (secondary N) is 1. The number of hydrogen-bond donors (Lipinski definition) is 1. The maximum absolute atomic E-state index is 5.07. The molecule has 0 unspecified atom stereocenters. The number of para-hydroxylation sites is 1. The number of rotatable bonds is 4. The molecule has 0 radical (unpaired) electrons. The normalized spacial score (nSPS) is 17.2. The lowest BCUT2D eigenvalue weighted by molar-refractivity contribution is 0.429. The standard InChI is InChI=1S/C23H24N6/c1-2-6-19(28-14-13-24-16-28)17(5-1)15-25-22-18-7-11-23(9-3-4-10-23)21(18)27-20-8-12-26-29(20)22/h1-2,5-6,8,12-14,16,25H,3-4,7,9-11,15H2. The van der Waals surface area contributed by atoms with E-state index in [0.29, 0.717) is 5.41 Å². The SMILES string of the molecule is c1ccc(-n2ccnc2)c(CNc2c3c(nc4ccnn24)C2(CCCC2)CC3)c1. The zero-order valence-electron chi connectivity index (χ0n) is 16.4. The van der Waals surface area contributed by atoms with Gasteiger partial charge in [-0.05, 0) is 37.3 Å². The summed E-state index contributed by atoms with van der Waals surface area (Å²) in [7, 11) is 0. The molecule has 29 heavy (non-hydrogen) atoms. The van der Waals surface area contributed by atoms with Gasteiger partial charge in [-0.25, -0.2) is 9.97 Å². The van der Waals surface area contributed by atoms with E-state index >= 15 is 0 Å². The molecule has 0 atom stereocenters. The Morgan fingerprint density at radius 2 is 1.93 bits per heavy atom. The molecular weight excluding hydrogens is 360 g/mol. The summed E-state index contributed by atoms with van der Waals surface area (Å²) in [6.45, 7) is 0.729. The second-order valence-electron chi connectivity index (χ2n) is 8.33. The Morgan fingerprint density at radius 3 is 2.79 bits per heavy atom. The Morgan fingerprint density at radius 1 is 1.03 bits per heavy atom. The molecule has 3 aromatic heterocycles. The first kappa shape index (κ1) is 16.8. The molecule has 6 heteroatoms. The van der Waals surface area contributed by atoms with Gasteiger partial charge in [0.1, 0.15) is 5.82 Å². The van der Waals surface area contributed by atoms with E-state index in [0.717, 1.165) is 30.1 Å². The van der Waals surface area contributed by atoms with Gasteiger partial charge in [0.25, 0.3) is 0 Å². The van der Waals surface area contributed by atoms with Crippen molar-refractivity contribution in [1.82, 2.24) is 24.1 Å². The fraction of sp³-hybridized carbons (Fsp3) is 0.348. The van der Waals surface area contributed by atoms with Gasteiger partial charge >= 0.3 is 0 Å². The number of hydrogen-bond acceptors (Lipinski definition) is 4. The van der Waals surface area contributed by atoms with Crippen molar-refractivity contribution in [2.75, 3.05) is 5.32 Å². The molecule has 1 spiro atoms. The molecule has 1 saturated carbocycles. The van der Waals surface area contributed by atoms with Crippen LogP contribution in [0.4, 0.5) is 5.82 Å². The van der Waals surface area contributed by atoms with E-state index < -0.39 is 0 Å². The molecule has 0 aliphatic heterocycles. The second-order valence-corrected chi connectivity index (χ2v) is 8.33. The molecule has 1 N–H and O–H groups in total. The number of fused-ring (bicyclic) bond motifs is 3. The highest BCUT2D eigenvalue weighted by atomic mass is 15.3. The van der Waals surface area contributed by atoms with Crippen molar-refractivity contribution in [2.24, 2.45) is 0 Å². The summed E-state index contributed by atoms with van der Waals surface area (Å²) in [5, 5.41) is 8.30. The van der Waals surface area contributed by atoms with Crippen LogP contribution < -0.4 is 5.32 Å². The van der Waals surface area contributed by atoms with Crippen molar-refractivity contribution >= 4 is 11.5 Å². The van der Waals surface area contributed by atoms with Crippen molar-refractivity contribution in [3.05, 3.63) is 72.1 Å². The van der Waals surface area contributed by atoms with E-state index in [9.17, 15) is 0 Å². The molecule has 2 aliphatic carbocycles. The number of nitrogens with zero attached hydrogens (tertiary/aromatic N) is 5. The predicted molar refractivity (Wildman–Crippen MR) is 112 cm³/mol. The van der Waals surface area contributed by atoms with E-state index in [4.69, 9.17) is 4.98 Å². The third kappa shape index (κ3) is 2.58. The highest BCUT2D eigenvalue weighted by Crippen LogP contribution is 2.50. The molecule has 146 valence electrons. The van der Waals surface area contributed by atoms with Crippen molar-refractivity contribution in [1.29, 1.82) is 0 Å². The van der Waals surface area contributed by atoms with Gasteiger partial charge in [-0.15, -0.1) is 0 Å². The van der Waals surface area contributed by atoms with Gasteiger partial charge in [-0.2, -0.15) is 9.61 Å². The minimum Gasteiger partial charge on any atom is -0.366 e. The number of anilines is 1. The van der Waals surface area contributed by atoms with Gasteiger partial charge in [0.05, 0.1) is 23.9 Å². The first-order chi connectivity index (χ1) is 14.3. The van der Waals surface area contributed by atoms with Crippen LogP contribution in [-0.4, -0.2) is 24.1 Å². The second kappa shape index (κ2) is 6.44. The minimum atomic E-state index is 0.298. The van der Waals surface area contributed by atoms with Crippen LogP contribution in [0.2, 0.25) is 0 Å². The van der Waals surface area contributed by atoms with Crippen molar-refractivity contribution in [2.45, 2.75) is 50.5 Å². The van der Waals surface area contributed by atoms with Crippen LogP contribution in [0, 0.1) is 0 Å². The van der Waals surface area contributed by atoms with Crippen LogP contribution >= 0.6 is 0 Å². The Hall–Kier alpha value is -3.15. The quantitative estimate of drug-likeness (QED) is 0.570. The third-order valence-electron chi connectivity index (χ3n) is 6.77. The van der Waals surface area contributed by atoms with E-state index in [-0.39, 0.29) is 0 Å². The van der Waals surface area contributed by atoms with Gasteiger partial charge in [-0.3, -0.25) is 0 Å². The van der Waals surface area contributed by atoms with Crippen LogP contribution in [0.3, 0.4) is 0 Å². The number of aromatic nitrogens is 5. The largest absolute Gasteiger partial charge is 0.366 e. The average Bonchev–Trinajstić information content (AvgIpc) is 3.55. The van der Waals surface area contributed by atoms with Crippen molar-refractivity contribution in [3.63, 3.8) is 0 Å². The van der Waals surface area contributed by atoms with Crippen LogP contribution in [0.25, 0.3) is 11.3 Å². The summed E-state index contributed by atoms with van der Waals surface area (Å²) in [5.41, 5.74) is 6.31. The van der Waals surface area contributed by atoms with Crippen LogP contribution in [-0.2, 0) is 18.4 Å². The fourth-order valence-corrected chi connectivity index (χ4v) is 5.35. The zero-order valence-corrected chi connectivity index (χ0v) is 16.4. The molecule has 0 bridgehead atoms. The fourth-order valence-electron chi connectivity index (χ4n) is 5.35. The van der Waals surface area contributed by atoms with Gasteiger partial charge < -0.3 is 9.88 Å². The molecule has 0 saturated heterocycles. The summed E-state index contributed by atoms with van der Waals surface area (Å²) in [5.74, 6) is 1.11. The maximum Gasteiger partial charge on any atom is 0.157 e.